The van der Waals surface area contributed by atoms with Crippen molar-refractivity contribution in [1.82, 2.24) is 10.3 Å². The van der Waals surface area contributed by atoms with E-state index in [2.05, 4.69) is 10.3 Å². The van der Waals surface area contributed by atoms with E-state index in [9.17, 15) is 9.59 Å². The molecule has 1 aliphatic carbocycles. The number of carbonyl (C=O) groups excluding carboxylic acids is 1. The zero-order valence-corrected chi connectivity index (χ0v) is 11.4. The first-order valence-electron chi connectivity index (χ1n) is 5.76. The number of amides is 1. The van der Waals surface area contributed by atoms with Gasteiger partial charge in [-0.3, -0.25) is 9.59 Å². The second-order valence-electron chi connectivity index (χ2n) is 5.20. The van der Waals surface area contributed by atoms with Gasteiger partial charge >= 0.3 is 5.97 Å². The number of rotatable bonds is 4. The maximum absolute atomic E-state index is 11.9. The average Bonchev–Trinajstić information content (AvgIpc) is 2.63. The number of aliphatic carboxylic acids is 1. The Kier molecular flexibility index (Phi) is 3.14. The van der Waals surface area contributed by atoms with Crippen LogP contribution in [0.1, 0.15) is 23.7 Å². The van der Waals surface area contributed by atoms with E-state index >= 15 is 0 Å². The number of nitrogens with zero attached hydrogens (tertiary/aromatic N) is 1. The van der Waals surface area contributed by atoms with E-state index in [1.54, 1.807) is 6.20 Å². The van der Waals surface area contributed by atoms with Crippen LogP contribution in [0.2, 0.25) is 0 Å². The largest absolute Gasteiger partial charge is 0.481 e. The fourth-order valence-electron chi connectivity index (χ4n) is 2.34. The van der Waals surface area contributed by atoms with Gasteiger partial charge in [-0.15, -0.1) is 11.3 Å². The molecule has 2 atom stereocenters. The van der Waals surface area contributed by atoms with Gasteiger partial charge in [-0.25, -0.2) is 4.98 Å². The van der Waals surface area contributed by atoms with Crippen molar-refractivity contribution in [3.63, 3.8) is 0 Å². The molecule has 2 unspecified atom stereocenters. The zero-order valence-electron chi connectivity index (χ0n) is 10.6. The van der Waals surface area contributed by atoms with Crippen LogP contribution in [0.4, 0.5) is 0 Å². The molecule has 2 N–H and O–H groups in total. The van der Waals surface area contributed by atoms with E-state index in [1.165, 1.54) is 11.3 Å². The number of carbonyl (C=O) groups is 2. The van der Waals surface area contributed by atoms with Gasteiger partial charge in [0.15, 0.2) is 0 Å². The first-order chi connectivity index (χ1) is 8.34. The standard InChI is InChI=1S/C12H16N2O3S/c1-6-4-13-7(18-6)5-14-10(15)8-9(11(16)17)12(8,2)3/h4,8-9H,5H2,1-3H3,(H,14,15)(H,16,17). The van der Waals surface area contributed by atoms with Gasteiger partial charge in [0, 0.05) is 11.1 Å². The third kappa shape index (κ3) is 2.25. The van der Waals surface area contributed by atoms with Crippen LogP contribution >= 0.6 is 11.3 Å². The van der Waals surface area contributed by atoms with E-state index in [0.717, 1.165) is 9.88 Å². The van der Waals surface area contributed by atoms with Gasteiger partial charge in [-0.2, -0.15) is 0 Å². The molecule has 1 aromatic heterocycles. The van der Waals surface area contributed by atoms with E-state index in [4.69, 9.17) is 5.11 Å². The zero-order chi connectivity index (χ0) is 13.5. The Morgan fingerprint density at radius 1 is 1.50 bits per heavy atom. The Bertz CT molecular complexity index is 495. The summed E-state index contributed by atoms with van der Waals surface area (Å²) in [6.45, 7) is 5.94. The average molecular weight is 268 g/mol. The summed E-state index contributed by atoms with van der Waals surface area (Å²) in [5.74, 6) is -2.10. The summed E-state index contributed by atoms with van der Waals surface area (Å²) in [7, 11) is 0. The minimum absolute atomic E-state index is 0.194. The molecule has 18 heavy (non-hydrogen) atoms. The summed E-state index contributed by atoms with van der Waals surface area (Å²) in [5.41, 5.74) is -0.450. The SMILES string of the molecule is Cc1cnc(CNC(=O)C2C(C(=O)O)C2(C)C)s1. The Labute approximate surface area is 109 Å². The Balaban J connectivity index is 1.92. The lowest BCUT2D eigenvalue weighted by atomic mass is 10.1. The highest BCUT2D eigenvalue weighted by Gasteiger charge is 2.65. The lowest BCUT2D eigenvalue weighted by Gasteiger charge is -2.03. The van der Waals surface area contributed by atoms with Gasteiger partial charge < -0.3 is 10.4 Å². The molecule has 1 saturated carbocycles. The minimum atomic E-state index is -0.898. The summed E-state index contributed by atoms with van der Waals surface area (Å²) in [5, 5.41) is 12.6. The maximum atomic E-state index is 11.9. The number of aromatic nitrogens is 1. The molecule has 1 heterocycles. The molecule has 0 bridgehead atoms. The van der Waals surface area contributed by atoms with Gasteiger partial charge in [-0.05, 0) is 12.3 Å². The molecule has 0 aromatic carbocycles. The number of hydrogen-bond acceptors (Lipinski definition) is 4. The number of nitrogens with one attached hydrogen (secondary N) is 1. The Morgan fingerprint density at radius 3 is 2.61 bits per heavy atom. The molecule has 2 rings (SSSR count). The first-order valence-corrected chi connectivity index (χ1v) is 6.57. The van der Waals surface area contributed by atoms with Gasteiger partial charge in [-0.1, -0.05) is 13.8 Å². The smallest absolute Gasteiger partial charge is 0.307 e. The van der Waals surface area contributed by atoms with Crippen molar-refractivity contribution in [2.75, 3.05) is 0 Å². The molecule has 0 aliphatic heterocycles. The van der Waals surface area contributed by atoms with Crippen molar-refractivity contribution in [3.8, 4) is 0 Å². The number of carboxylic acids is 1. The Hall–Kier alpha value is -1.43. The van der Waals surface area contributed by atoms with E-state index in [1.807, 2.05) is 20.8 Å². The molecular formula is C12H16N2O3S. The molecular weight excluding hydrogens is 252 g/mol. The Morgan fingerprint density at radius 2 is 2.17 bits per heavy atom. The van der Waals surface area contributed by atoms with E-state index < -0.39 is 23.2 Å². The van der Waals surface area contributed by atoms with Crippen LogP contribution in [0.25, 0.3) is 0 Å². The van der Waals surface area contributed by atoms with Gasteiger partial charge in [0.2, 0.25) is 5.91 Å². The van der Waals surface area contributed by atoms with Crippen molar-refractivity contribution in [3.05, 3.63) is 16.1 Å². The lowest BCUT2D eigenvalue weighted by Crippen LogP contribution is -2.26. The van der Waals surface area contributed by atoms with Gasteiger partial charge in [0.05, 0.1) is 18.4 Å². The normalized spacial score (nSPS) is 24.6. The monoisotopic (exact) mass is 268 g/mol. The van der Waals surface area contributed by atoms with Gasteiger partial charge in [0.25, 0.3) is 0 Å². The van der Waals surface area contributed by atoms with Crippen LogP contribution in [0.15, 0.2) is 6.20 Å². The van der Waals surface area contributed by atoms with Crippen molar-refractivity contribution >= 4 is 23.2 Å². The summed E-state index contributed by atoms with van der Waals surface area (Å²) in [4.78, 5) is 28.1. The number of aryl methyl sites for hydroxylation is 1. The maximum Gasteiger partial charge on any atom is 0.307 e. The second kappa shape index (κ2) is 4.35. The number of thiazole rings is 1. The van der Waals surface area contributed by atoms with Crippen molar-refractivity contribution in [2.24, 2.45) is 17.3 Å². The third-order valence-corrected chi connectivity index (χ3v) is 4.37. The first kappa shape index (κ1) is 13.0. The number of carboxylic acid groups (broad SMARTS) is 1. The van der Waals surface area contributed by atoms with E-state index in [0.29, 0.717) is 6.54 Å². The molecule has 0 radical (unpaired) electrons. The van der Waals surface area contributed by atoms with Crippen LogP contribution in [0.5, 0.6) is 0 Å². The highest BCUT2D eigenvalue weighted by molar-refractivity contribution is 7.11. The third-order valence-electron chi connectivity index (χ3n) is 3.46. The van der Waals surface area contributed by atoms with E-state index in [-0.39, 0.29) is 5.91 Å². The topological polar surface area (TPSA) is 79.3 Å². The summed E-state index contributed by atoms with van der Waals surface area (Å²) in [6.07, 6.45) is 1.76. The van der Waals surface area contributed by atoms with Crippen molar-refractivity contribution < 1.29 is 14.7 Å². The van der Waals surface area contributed by atoms with Crippen LogP contribution in [0, 0.1) is 24.2 Å². The summed E-state index contributed by atoms with van der Waals surface area (Å²) >= 11 is 1.53. The van der Waals surface area contributed by atoms with Crippen LogP contribution in [0.3, 0.4) is 0 Å². The molecule has 1 aliphatic rings. The molecule has 5 nitrogen and oxygen atoms in total. The quantitative estimate of drug-likeness (QED) is 0.865. The molecule has 6 heteroatoms. The summed E-state index contributed by atoms with van der Waals surface area (Å²) in [6, 6.07) is 0. The highest BCUT2D eigenvalue weighted by Crippen LogP contribution is 2.58. The van der Waals surface area contributed by atoms with Gasteiger partial charge in [0.1, 0.15) is 5.01 Å². The van der Waals surface area contributed by atoms with Crippen LogP contribution < -0.4 is 5.32 Å². The highest BCUT2D eigenvalue weighted by atomic mass is 32.1. The minimum Gasteiger partial charge on any atom is -0.481 e. The van der Waals surface area contributed by atoms with Crippen LogP contribution in [-0.2, 0) is 16.1 Å². The fraction of sp³-hybridized carbons (Fsp3) is 0.583. The molecule has 0 saturated heterocycles. The second-order valence-corrected chi connectivity index (χ2v) is 6.52. The lowest BCUT2D eigenvalue weighted by molar-refractivity contribution is -0.140. The molecule has 1 fully saturated rings. The predicted molar refractivity (Wildman–Crippen MR) is 67.1 cm³/mol. The van der Waals surface area contributed by atoms with Crippen molar-refractivity contribution in [2.45, 2.75) is 27.3 Å². The molecule has 1 amide bonds. The molecule has 0 spiro atoms. The predicted octanol–water partition coefficient (Wildman–Crippen LogP) is 1.42. The summed E-state index contributed by atoms with van der Waals surface area (Å²) < 4.78 is 0. The molecule has 1 aromatic rings. The van der Waals surface area contributed by atoms with Crippen molar-refractivity contribution in [1.29, 1.82) is 0 Å². The molecule has 98 valence electrons. The fourth-order valence-corrected chi connectivity index (χ4v) is 3.07. The number of hydrogen-bond donors (Lipinski definition) is 2. The van der Waals surface area contributed by atoms with Crippen LogP contribution in [-0.4, -0.2) is 22.0 Å².